The first-order chi connectivity index (χ1) is 15.3. The third-order valence-corrected chi connectivity index (χ3v) is 5.05. The van der Waals surface area contributed by atoms with Gasteiger partial charge in [0, 0.05) is 24.1 Å². The molecule has 152 valence electrons. The van der Waals surface area contributed by atoms with Crippen LogP contribution in [-0.4, -0.2) is 27.4 Å². The van der Waals surface area contributed by atoms with Gasteiger partial charge in [-0.2, -0.15) is 0 Å². The second-order valence-corrected chi connectivity index (χ2v) is 7.15. The number of fused-ring (bicyclic) bond motifs is 1. The van der Waals surface area contributed by atoms with E-state index in [1.54, 1.807) is 12.3 Å². The number of amides is 1. The van der Waals surface area contributed by atoms with Crippen LogP contribution in [0.1, 0.15) is 16.2 Å². The van der Waals surface area contributed by atoms with Crippen molar-refractivity contribution in [1.29, 1.82) is 0 Å². The Kier molecular flexibility index (Phi) is 5.02. The Hall–Kier alpha value is -4.19. The Balaban J connectivity index is 1.30. The minimum absolute atomic E-state index is 0.175. The summed E-state index contributed by atoms with van der Waals surface area (Å²) in [5, 5.41) is 2.97. The van der Waals surface area contributed by atoms with Gasteiger partial charge in [0.05, 0.1) is 22.8 Å². The van der Waals surface area contributed by atoms with E-state index in [9.17, 15) is 4.79 Å². The van der Waals surface area contributed by atoms with Crippen LogP contribution in [0.2, 0.25) is 0 Å². The van der Waals surface area contributed by atoms with Gasteiger partial charge in [-0.1, -0.05) is 54.6 Å². The van der Waals surface area contributed by atoms with Crippen LogP contribution in [0, 0.1) is 0 Å². The molecule has 5 rings (SSSR count). The topological polar surface area (TPSA) is 83.8 Å². The zero-order chi connectivity index (χ0) is 21.0. The molecule has 3 aromatic carbocycles. The molecule has 1 amide bonds. The molecule has 2 aromatic heterocycles. The highest BCUT2D eigenvalue weighted by atomic mass is 16.4. The third kappa shape index (κ3) is 3.96. The summed E-state index contributed by atoms with van der Waals surface area (Å²) < 4.78 is 5.95. The van der Waals surface area contributed by atoms with Crippen molar-refractivity contribution in [2.45, 2.75) is 6.42 Å². The molecular formula is C25H20N4O2. The smallest absolute Gasteiger partial charge is 0.252 e. The Labute approximate surface area is 179 Å². The van der Waals surface area contributed by atoms with Crippen LogP contribution < -0.4 is 5.32 Å². The molecule has 0 saturated carbocycles. The van der Waals surface area contributed by atoms with E-state index in [4.69, 9.17) is 4.42 Å². The van der Waals surface area contributed by atoms with E-state index in [2.05, 4.69) is 20.3 Å². The summed E-state index contributed by atoms with van der Waals surface area (Å²) in [6.45, 7) is 0.466. The monoisotopic (exact) mass is 408 g/mol. The maximum Gasteiger partial charge on any atom is 0.252 e. The van der Waals surface area contributed by atoms with Crippen LogP contribution in [0.4, 0.5) is 0 Å². The number of hydrogen-bond acceptors (Lipinski definition) is 4. The lowest BCUT2D eigenvalue weighted by molar-refractivity contribution is 0.0954. The first-order valence-corrected chi connectivity index (χ1v) is 10.1. The van der Waals surface area contributed by atoms with E-state index < -0.39 is 0 Å². The molecule has 5 aromatic rings. The van der Waals surface area contributed by atoms with Gasteiger partial charge in [0.2, 0.25) is 5.89 Å². The first-order valence-electron chi connectivity index (χ1n) is 10.1. The molecule has 0 saturated heterocycles. The molecule has 2 heterocycles. The van der Waals surface area contributed by atoms with E-state index in [0.29, 0.717) is 35.7 Å². The second kappa shape index (κ2) is 8.28. The summed E-state index contributed by atoms with van der Waals surface area (Å²) in [6.07, 6.45) is 2.29. The number of oxazole rings is 1. The fourth-order valence-corrected chi connectivity index (χ4v) is 3.52. The van der Waals surface area contributed by atoms with Crippen LogP contribution in [0.3, 0.4) is 0 Å². The molecule has 0 aliphatic heterocycles. The second-order valence-electron chi connectivity index (χ2n) is 7.15. The molecule has 6 heteroatoms. The fraction of sp³-hybridized carbons (Fsp3) is 0.0800. The normalized spacial score (nSPS) is 11.0. The molecule has 0 radical (unpaired) electrons. The van der Waals surface area contributed by atoms with E-state index >= 15 is 0 Å². The average Bonchev–Trinajstić information content (AvgIpc) is 3.47. The van der Waals surface area contributed by atoms with Gasteiger partial charge in [0.1, 0.15) is 5.82 Å². The van der Waals surface area contributed by atoms with Gasteiger partial charge in [0.15, 0.2) is 5.76 Å². The number of carbonyl (C=O) groups excluding carboxylic acids is 1. The van der Waals surface area contributed by atoms with Gasteiger partial charge >= 0.3 is 0 Å². The lowest BCUT2D eigenvalue weighted by atomic mass is 10.1. The van der Waals surface area contributed by atoms with Crippen molar-refractivity contribution in [3.05, 3.63) is 96.4 Å². The number of hydrogen-bond donors (Lipinski definition) is 2. The maximum absolute atomic E-state index is 12.9. The van der Waals surface area contributed by atoms with Crippen LogP contribution in [-0.2, 0) is 6.42 Å². The largest absolute Gasteiger partial charge is 0.436 e. The van der Waals surface area contributed by atoms with E-state index in [1.165, 1.54) is 0 Å². The number of aromatic amines is 1. The standard InChI is InChI=1S/C25H20N4O2/c30-24(26-15-14-23-28-20-12-6-7-13-21(20)29-23)18-10-4-5-11-19(18)25-27-16-22(31-25)17-8-2-1-3-9-17/h1-13,16H,14-15H2,(H,26,30)(H,28,29). The van der Waals surface area contributed by atoms with Gasteiger partial charge in [0.25, 0.3) is 5.91 Å². The Morgan fingerprint density at radius 1 is 0.935 bits per heavy atom. The van der Waals surface area contributed by atoms with Gasteiger partial charge in [-0.3, -0.25) is 4.79 Å². The number of aromatic nitrogens is 3. The number of carbonyl (C=O) groups is 1. The lowest BCUT2D eigenvalue weighted by Gasteiger charge is -2.07. The van der Waals surface area contributed by atoms with E-state index in [0.717, 1.165) is 22.4 Å². The molecule has 0 bridgehead atoms. The molecule has 2 N–H and O–H groups in total. The van der Waals surface area contributed by atoms with Crippen LogP contribution in [0.25, 0.3) is 33.8 Å². The van der Waals surface area contributed by atoms with Crippen molar-refractivity contribution in [2.75, 3.05) is 6.54 Å². The fourth-order valence-electron chi connectivity index (χ4n) is 3.52. The summed E-state index contributed by atoms with van der Waals surface area (Å²) in [6, 6.07) is 24.9. The predicted octanol–water partition coefficient (Wildman–Crippen LogP) is 4.86. The van der Waals surface area contributed by atoms with Crippen molar-refractivity contribution in [3.8, 4) is 22.8 Å². The minimum atomic E-state index is -0.175. The molecule has 0 atom stereocenters. The van der Waals surface area contributed by atoms with Crippen molar-refractivity contribution >= 4 is 16.9 Å². The molecule has 31 heavy (non-hydrogen) atoms. The highest BCUT2D eigenvalue weighted by molar-refractivity contribution is 6.00. The summed E-state index contributed by atoms with van der Waals surface area (Å²) >= 11 is 0. The SMILES string of the molecule is O=C(NCCc1nc2ccccc2[nH]1)c1ccccc1-c1ncc(-c2ccccc2)o1. The van der Waals surface area contributed by atoms with Crippen molar-refractivity contribution in [2.24, 2.45) is 0 Å². The molecule has 0 aliphatic rings. The molecule has 0 fully saturated rings. The Morgan fingerprint density at radius 2 is 1.71 bits per heavy atom. The average molecular weight is 408 g/mol. The van der Waals surface area contributed by atoms with Crippen molar-refractivity contribution in [3.63, 3.8) is 0 Å². The zero-order valence-corrected chi connectivity index (χ0v) is 16.7. The first kappa shape index (κ1) is 18.8. The Bertz CT molecular complexity index is 1300. The summed E-state index contributed by atoms with van der Waals surface area (Å²) in [5.41, 5.74) is 4.04. The van der Waals surface area contributed by atoms with Gasteiger partial charge in [-0.25, -0.2) is 9.97 Å². The number of benzene rings is 3. The number of imidazole rings is 1. The maximum atomic E-state index is 12.9. The van der Waals surface area contributed by atoms with Gasteiger partial charge in [-0.15, -0.1) is 0 Å². The molecule has 0 unspecified atom stereocenters. The number of nitrogens with zero attached hydrogens (tertiary/aromatic N) is 2. The van der Waals surface area contributed by atoms with Crippen LogP contribution >= 0.6 is 0 Å². The van der Waals surface area contributed by atoms with Gasteiger partial charge in [-0.05, 0) is 24.3 Å². The summed E-state index contributed by atoms with van der Waals surface area (Å²) in [7, 11) is 0. The van der Waals surface area contributed by atoms with Gasteiger partial charge < -0.3 is 14.7 Å². The van der Waals surface area contributed by atoms with Crippen LogP contribution in [0.5, 0.6) is 0 Å². The van der Waals surface area contributed by atoms with Crippen molar-refractivity contribution < 1.29 is 9.21 Å². The number of nitrogens with one attached hydrogen (secondary N) is 2. The highest BCUT2D eigenvalue weighted by Crippen LogP contribution is 2.28. The van der Waals surface area contributed by atoms with Crippen LogP contribution in [0.15, 0.2) is 89.5 Å². The third-order valence-electron chi connectivity index (χ3n) is 5.05. The number of para-hydroxylation sites is 2. The quantitative estimate of drug-likeness (QED) is 0.420. The molecule has 0 spiro atoms. The number of H-pyrrole nitrogens is 1. The summed E-state index contributed by atoms with van der Waals surface area (Å²) in [4.78, 5) is 25.1. The number of rotatable bonds is 6. The minimum Gasteiger partial charge on any atom is -0.436 e. The molecule has 0 aliphatic carbocycles. The van der Waals surface area contributed by atoms with E-state index in [1.807, 2.05) is 72.8 Å². The zero-order valence-electron chi connectivity index (χ0n) is 16.7. The Morgan fingerprint density at radius 3 is 2.58 bits per heavy atom. The predicted molar refractivity (Wildman–Crippen MR) is 120 cm³/mol. The van der Waals surface area contributed by atoms with E-state index in [-0.39, 0.29) is 5.91 Å². The van der Waals surface area contributed by atoms with Crippen molar-refractivity contribution in [1.82, 2.24) is 20.3 Å². The molecule has 6 nitrogen and oxygen atoms in total. The highest BCUT2D eigenvalue weighted by Gasteiger charge is 2.17. The molecular weight excluding hydrogens is 388 g/mol. The lowest BCUT2D eigenvalue weighted by Crippen LogP contribution is -2.26. The summed E-state index contributed by atoms with van der Waals surface area (Å²) in [5.74, 6) is 1.75.